The van der Waals surface area contributed by atoms with Gasteiger partial charge in [-0.15, -0.1) is 11.6 Å². The highest BCUT2D eigenvalue weighted by Gasteiger charge is 2.56. The zero-order chi connectivity index (χ0) is 40.0. The molecule has 8 nitrogen and oxygen atoms in total. The fourth-order valence-corrected chi connectivity index (χ4v) is 8.33. The van der Waals surface area contributed by atoms with E-state index in [9.17, 15) is 9.59 Å². The molecule has 1 aliphatic carbocycles. The van der Waals surface area contributed by atoms with E-state index in [2.05, 4.69) is 104 Å². The number of esters is 1. The van der Waals surface area contributed by atoms with E-state index < -0.39 is 17.0 Å². The molecule has 296 valence electrons. The van der Waals surface area contributed by atoms with Crippen molar-refractivity contribution >= 4 is 46.2 Å². The van der Waals surface area contributed by atoms with Crippen LogP contribution in [-0.2, 0) is 25.2 Å². The van der Waals surface area contributed by atoms with Crippen molar-refractivity contribution in [3.63, 3.8) is 0 Å². The Labute approximate surface area is 341 Å². The maximum Gasteiger partial charge on any atom is 0.340 e. The first-order valence-electron chi connectivity index (χ1n) is 19.9. The van der Waals surface area contributed by atoms with Crippen molar-refractivity contribution in [1.82, 2.24) is 5.32 Å². The van der Waals surface area contributed by atoms with Crippen molar-refractivity contribution < 1.29 is 23.8 Å². The molecule has 1 aliphatic heterocycles. The van der Waals surface area contributed by atoms with Gasteiger partial charge >= 0.3 is 5.97 Å². The highest BCUT2D eigenvalue weighted by molar-refractivity contribution is 6.17. The van der Waals surface area contributed by atoms with Gasteiger partial charge in [-0.05, 0) is 90.7 Å². The van der Waals surface area contributed by atoms with Crippen molar-refractivity contribution in [2.75, 3.05) is 62.7 Å². The summed E-state index contributed by atoms with van der Waals surface area (Å²) in [4.78, 5) is 31.9. The minimum Gasteiger partial charge on any atom is -0.441 e. The normalized spacial score (nSPS) is 14.4. The number of halogens is 1. The first kappa shape index (κ1) is 40.1. The highest BCUT2D eigenvalue weighted by Crippen LogP contribution is 2.58. The highest BCUT2D eigenvalue weighted by atomic mass is 35.5. The molecule has 1 amide bonds. The van der Waals surface area contributed by atoms with Crippen LogP contribution in [0.25, 0.3) is 0 Å². The number of fused-ring (bicyclic) bond motifs is 6. The quantitative estimate of drug-likeness (QED) is 0.0571. The molecule has 0 unspecified atom stereocenters. The Balaban J connectivity index is 1.20. The number of carbonyl (C=O) groups excluding carboxylic acids is 2. The minimum absolute atomic E-state index is 0.250. The number of nitrogens with one attached hydrogen (secondary N) is 1. The van der Waals surface area contributed by atoms with Crippen LogP contribution in [0.2, 0.25) is 0 Å². The van der Waals surface area contributed by atoms with Gasteiger partial charge in [0, 0.05) is 83.5 Å². The third-order valence-electron chi connectivity index (χ3n) is 11.4. The van der Waals surface area contributed by atoms with Gasteiger partial charge in [-0.25, -0.2) is 4.79 Å². The lowest BCUT2D eigenvalue weighted by Crippen LogP contribution is -2.41. The molecule has 5 aromatic carbocycles. The monoisotopic (exact) mass is 785 g/mol. The molecule has 9 heteroatoms. The van der Waals surface area contributed by atoms with Gasteiger partial charge in [0.1, 0.15) is 0 Å². The number of unbranched alkanes of at least 4 members (excludes halogenated alkanes) is 3. The molecule has 5 aromatic rings. The average Bonchev–Trinajstić information content (AvgIpc) is 3.54. The fourth-order valence-electron chi connectivity index (χ4n) is 8.14. The van der Waals surface area contributed by atoms with Gasteiger partial charge in [-0.1, -0.05) is 75.2 Å². The number of benzene rings is 5. The second-order valence-corrected chi connectivity index (χ2v) is 15.7. The van der Waals surface area contributed by atoms with Crippen molar-refractivity contribution in [2.24, 2.45) is 0 Å². The second-order valence-electron chi connectivity index (χ2n) is 15.3. The van der Waals surface area contributed by atoms with Crippen molar-refractivity contribution in [1.29, 1.82) is 0 Å². The van der Waals surface area contributed by atoms with E-state index in [1.165, 1.54) is 0 Å². The Morgan fingerprint density at radius 3 is 1.77 bits per heavy atom. The summed E-state index contributed by atoms with van der Waals surface area (Å²) in [5.41, 5.74) is 7.75. The summed E-state index contributed by atoms with van der Waals surface area (Å²) in [7, 11) is 4.12. The Morgan fingerprint density at radius 2 is 1.19 bits per heavy atom. The smallest absolute Gasteiger partial charge is 0.340 e. The number of hydrogen-bond acceptors (Lipinski definition) is 7. The molecule has 7 rings (SSSR count). The average molecular weight is 786 g/mol. The summed E-state index contributed by atoms with van der Waals surface area (Å²) >= 11 is 5.74. The zero-order valence-corrected chi connectivity index (χ0v) is 34.1. The number of alkyl halides is 1. The van der Waals surface area contributed by atoms with Gasteiger partial charge in [0.2, 0.25) is 0 Å². The fraction of sp³-hybridized carbons (Fsp3) is 0.333. The Kier molecular flexibility index (Phi) is 12.3. The van der Waals surface area contributed by atoms with E-state index in [-0.39, 0.29) is 5.91 Å². The van der Waals surface area contributed by atoms with E-state index in [1.54, 1.807) is 12.1 Å². The van der Waals surface area contributed by atoms with Crippen molar-refractivity contribution in [3.05, 3.63) is 154 Å². The van der Waals surface area contributed by atoms with Crippen LogP contribution >= 0.6 is 11.6 Å². The first-order chi connectivity index (χ1) is 27.7. The lowest BCUT2D eigenvalue weighted by atomic mass is 9.61. The molecule has 1 N–H and O–H groups in total. The van der Waals surface area contributed by atoms with Crippen LogP contribution in [-0.4, -0.2) is 64.8 Å². The van der Waals surface area contributed by atoms with Crippen LogP contribution < -0.4 is 15.1 Å². The summed E-state index contributed by atoms with van der Waals surface area (Å²) in [6.45, 7) is 6.84. The summed E-state index contributed by atoms with van der Waals surface area (Å²) in [6, 6.07) is 38.5. The van der Waals surface area contributed by atoms with E-state index in [0.29, 0.717) is 55.5 Å². The van der Waals surface area contributed by atoms with Crippen molar-refractivity contribution in [3.8, 4) is 0 Å². The van der Waals surface area contributed by atoms with Crippen LogP contribution in [0.5, 0.6) is 0 Å². The van der Waals surface area contributed by atoms with E-state index in [0.717, 1.165) is 70.7 Å². The minimum atomic E-state index is -1.27. The van der Waals surface area contributed by atoms with Gasteiger partial charge in [-0.2, -0.15) is 0 Å². The summed E-state index contributed by atoms with van der Waals surface area (Å²) in [6.07, 6.45) is 4.29. The third kappa shape index (κ3) is 8.04. The number of amides is 1. The first-order valence-corrected chi connectivity index (χ1v) is 20.5. The van der Waals surface area contributed by atoms with Gasteiger partial charge in [0.05, 0.1) is 25.4 Å². The molecule has 0 radical (unpaired) electrons. The largest absolute Gasteiger partial charge is 0.441 e. The van der Waals surface area contributed by atoms with E-state index >= 15 is 0 Å². The molecule has 1 spiro atoms. The molecule has 0 fully saturated rings. The topological polar surface area (TPSA) is 80.3 Å². The van der Waals surface area contributed by atoms with Gasteiger partial charge in [-0.3, -0.25) is 4.79 Å². The molecule has 2 aliphatic rings. The van der Waals surface area contributed by atoms with Crippen LogP contribution in [0.4, 0.5) is 22.7 Å². The predicted molar refractivity (Wildman–Crippen MR) is 229 cm³/mol. The van der Waals surface area contributed by atoms with Gasteiger partial charge in [0.25, 0.3) is 5.91 Å². The number of ether oxygens (including phenoxy) is 3. The molecule has 0 aromatic heterocycles. The lowest BCUT2D eigenvalue weighted by molar-refractivity contribution is 0.0231. The molecule has 57 heavy (non-hydrogen) atoms. The molecule has 1 heterocycles. The van der Waals surface area contributed by atoms with Crippen LogP contribution in [0, 0.1) is 0 Å². The predicted octanol–water partition coefficient (Wildman–Crippen LogP) is 9.89. The standard InChI is InChI=1S/C48H52ClN3O5/c1-47(2)43-32-37(51(3)35-15-9-7-10-16-35)20-23-40(43)48(41-24-21-38(33-44(41)47)52(4)36-17-11-8-12-18-36)42-31-34(19-22-39(42)46(54)57-48)45(53)50-26-28-56-30-29-55-27-14-6-5-13-25-49/h7-12,15-24,31-33H,5-6,13-14,25-30H2,1-4H3,(H,50,53). The Bertz CT molecular complexity index is 2090. The Morgan fingerprint density at radius 1 is 0.632 bits per heavy atom. The molecular weight excluding hydrogens is 734 g/mol. The SMILES string of the molecule is CN(c1ccccc1)c1ccc2c(c1)C(C)(C)c1cc(N(C)c3ccccc3)ccc1C21OC(=O)c2ccc(C(=O)NCCOCCOCCCCCCCl)cc21. The van der Waals surface area contributed by atoms with E-state index in [1.807, 2.05) is 42.5 Å². The number of para-hydroxylation sites is 2. The molecule has 0 saturated heterocycles. The Hall–Kier alpha value is -5.15. The van der Waals surface area contributed by atoms with Crippen LogP contribution in [0.3, 0.4) is 0 Å². The number of carbonyl (C=O) groups is 2. The molecular formula is C48H52ClN3O5. The summed E-state index contributed by atoms with van der Waals surface area (Å²) in [5, 5.41) is 2.99. The maximum atomic E-state index is 13.9. The number of anilines is 4. The number of rotatable bonds is 17. The molecule has 0 atom stereocenters. The summed E-state index contributed by atoms with van der Waals surface area (Å²) < 4.78 is 18.0. The zero-order valence-electron chi connectivity index (χ0n) is 33.4. The maximum absolute atomic E-state index is 13.9. The molecule has 0 bridgehead atoms. The van der Waals surface area contributed by atoms with Gasteiger partial charge < -0.3 is 29.3 Å². The van der Waals surface area contributed by atoms with Crippen LogP contribution in [0.15, 0.2) is 115 Å². The number of hydrogen-bond donors (Lipinski definition) is 1. The molecule has 0 saturated carbocycles. The van der Waals surface area contributed by atoms with Gasteiger partial charge in [0.15, 0.2) is 5.60 Å². The van der Waals surface area contributed by atoms with Crippen molar-refractivity contribution in [2.45, 2.75) is 50.5 Å². The third-order valence-corrected chi connectivity index (χ3v) is 11.6. The lowest BCUT2D eigenvalue weighted by Gasteiger charge is -2.45. The number of nitrogens with zero attached hydrogens (tertiary/aromatic N) is 2. The summed E-state index contributed by atoms with van der Waals surface area (Å²) in [5.74, 6) is 0.0354. The second kappa shape index (κ2) is 17.6. The van der Waals surface area contributed by atoms with E-state index in [4.69, 9.17) is 25.8 Å². The van der Waals surface area contributed by atoms with Crippen LogP contribution in [0.1, 0.15) is 88.1 Å².